The van der Waals surface area contributed by atoms with E-state index in [2.05, 4.69) is 30.9 Å². The van der Waals surface area contributed by atoms with Gasteiger partial charge in [-0.15, -0.1) is 0 Å². The summed E-state index contributed by atoms with van der Waals surface area (Å²) in [5, 5.41) is 4.70. The first-order chi connectivity index (χ1) is 5.65. The summed E-state index contributed by atoms with van der Waals surface area (Å²) in [4.78, 5) is 2.19. The Labute approximate surface area is 78.4 Å². The third-order valence-corrected chi connectivity index (χ3v) is 3.31. The molecule has 12 heavy (non-hydrogen) atoms. The summed E-state index contributed by atoms with van der Waals surface area (Å²) >= 11 is 1.75. The Morgan fingerprint density at radius 1 is 1.75 bits per heavy atom. The van der Waals surface area contributed by atoms with Gasteiger partial charge in [0.05, 0.1) is 0 Å². The van der Waals surface area contributed by atoms with Gasteiger partial charge in [0, 0.05) is 18.8 Å². The van der Waals surface area contributed by atoms with Gasteiger partial charge in [-0.05, 0) is 12.3 Å². The number of nitrogens with zero attached hydrogens (tertiary/aromatic N) is 2. The molecule has 1 saturated heterocycles. The van der Waals surface area contributed by atoms with Crippen LogP contribution in [0.3, 0.4) is 0 Å². The zero-order chi connectivity index (χ0) is 9.14. The van der Waals surface area contributed by atoms with Crippen LogP contribution >= 0.6 is 11.8 Å². The number of hydrazone groups is 1. The van der Waals surface area contributed by atoms with Gasteiger partial charge in [-0.3, -0.25) is 0 Å². The van der Waals surface area contributed by atoms with E-state index in [9.17, 15) is 0 Å². The second-order valence-electron chi connectivity index (χ2n) is 3.62. The quantitative estimate of drug-likeness (QED) is 0.523. The molecule has 3 nitrogen and oxygen atoms in total. The molecule has 1 heterocycles. The van der Waals surface area contributed by atoms with E-state index in [1.165, 1.54) is 6.42 Å². The first kappa shape index (κ1) is 9.71. The average molecular weight is 187 g/mol. The molecule has 1 aliphatic rings. The molecule has 0 aromatic heterocycles. The molecule has 0 saturated carbocycles. The molecule has 0 aromatic carbocycles. The number of rotatable bonds is 2. The van der Waals surface area contributed by atoms with Gasteiger partial charge in [-0.2, -0.15) is 5.10 Å². The van der Waals surface area contributed by atoms with Crippen LogP contribution in [0.25, 0.3) is 0 Å². The summed E-state index contributed by atoms with van der Waals surface area (Å²) in [5.74, 6) is 7.12. The van der Waals surface area contributed by atoms with Crippen molar-refractivity contribution in [2.75, 3.05) is 12.8 Å². The first-order valence-electron chi connectivity index (χ1n) is 4.28. The maximum Gasteiger partial charge on any atom is 0.182 e. The van der Waals surface area contributed by atoms with Crippen LogP contribution in [0, 0.1) is 5.92 Å². The summed E-state index contributed by atoms with van der Waals surface area (Å²) in [7, 11) is 2.07. The van der Waals surface area contributed by atoms with Gasteiger partial charge < -0.3 is 10.7 Å². The summed E-state index contributed by atoms with van der Waals surface area (Å²) in [6.07, 6.45) is 1.22. The highest BCUT2D eigenvalue weighted by Gasteiger charge is 2.27. The van der Waals surface area contributed by atoms with Crippen LogP contribution in [0.4, 0.5) is 0 Å². The van der Waals surface area contributed by atoms with Crippen LogP contribution in [0.1, 0.15) is 20.3 Å². The minimum Gasteiger partial charge on any atom is -0.349 e. The molecule has 70 valence electrons. The number of amidine groups is 1. The number of nitrogens with two attached hydrogens (primary N) is 1. The lowest BCUT2D eigenvalue weighted by molar-refractivity contribution is 0.350. The predicted molar refractivity (Wildman–Crippen MR) is 55.1 cm³/mol. The number of thioether (sulfide) groups is 1. The van der Waals surface area contributed by atoms with Crippen molar-refractivity contribution in [1.82, 2.24) is 4.90 Å². The highest BCUT2D eigenvalue weighted by molar-refractivity contribution is 8.14. The van der Waals surface area contributed by atoms with E-state index in [1.807, 2.05) is 0 Å². The van der Waals surface area contributed by atoms with Gasteiger partial charge in [0.2, 0.25) is 0 Å². The largest absolute Gasteiger partial charge is 0.349 e. The van der Waals surface area contributed by atoms with E-state index >= 15 is 0 Å². The lowest BCUT2D eigenvalue weighted by Crippen LogP contribution is -2.31. The number of hydrogen-bond acceptors (Lipinski definition) is 3. The molecule has 0 radical (unpaired) electrons. The zero-order valence-corrected chi connectivity index (χ0v) is 8.77. The molecule has 0 amide bonds. The van der Waals surface area contributed by atoms with E-state index in [0.29, 0.717) is 6.04 Å². The summed E-state index contributed by atoms with van der Waals surface area (Å²) in [6.45, 7) is 4.49. The van der Waals surface area contributed by atoms with Gasteiger partial charge in [-0.1, -0.05) is 25.6 Å². The summed E-state index contributed by atoms with van der Waals surface area (Å²) in [6, 6.07) is 0.622. The molecule has 0 aromatic rings. The van der Waals surface area contributed by atoms with Crippen molar-refractivity contribution < 1.29 is 0 Å². The topological polar surface area (TPSA) is 41.6 Å². The normalized spacial score (nSPS) is 27.5. The maximum absolute atomic E-state index is 5.24. The third-order valence-electron chi connectivity index (χ3n) is 2.11. The van der Waals surface area contributed by atoms with Crippen molar-refractivity contribution in [3.05, 3.63) is 0 Å². The van der Waals surface area contributed by atoms with Crippen LogP contribution in [0.15, 0.2) is 5.10 Å². The van der Waals surface area contributed by atoms with Gasteiger partial charge in [-0.25, -0.2) is 0 Å². The van der Waals surface area contributed by atoms with Crippen LogP contribution in [0.5, 0.6) is 0 Å². The van der Waals surface area contributed by atoms with Gasteiger partial charge in [0.15, 0.2) is 5.17 Å². The van der Waals surface area contributed by atoms with Gasteiger partial charge >= 0.3 is 0 Å². The summed E-state index contributed by atoms with van der Waals surface area (Å²) < 4.78 is 0. The Kier molecular flexibility index (Phi) is 3.26. The molecular formula is C8H17N3S. The maximum atomic E-state index is 5.24. The van der Waals surface area contributed by atoms with Crippen molar-refractivity contribution >= 4 is 16.9 Å². The van der Waals surface area contributed by atoms with Crippen LogP contribution in [0.2, 0.25) is 0 Å². The Balaban J connectivity index is 2.49. The zero-order valence-electron chi connectivity index (χ0n) is 7.95. The molecule has 1 aliphatic heterocycles. The van der Waals surface area contributed by atoms with Crippen LogP contribution in [-0.4, -0.2) is 28.9 Å². The minimum atomic E-state index is 0.622. The second kappa shape index (κ2) is 4.03. The predicted octanol–water partition coefficient (Wildman–Crippen LogP) is 1.31. The van der Waals surface area contributed by atoms with E-state index in [0.717, 1.165) is 16.8 Å². The lowest BCUT2D eigenvalue weighted by atomic mass is 10.0. The van der Waals surface area contributed by atoms with Crippen LogP contribution in [-0.2, 0) is 0 Å². The van der Waals surface area contributed by atoms with Crippen LogP contribution < -0.4 is 5.84 Å². The van der Waals surface area contributed by atoms with E-state index < -0.39 is 0 Å². The standard InChI is InChI=1S/C8H17N3S/c1-6(2)4-7-5-12-8(10-9)11(7)3/h6-7H,4-5,9H2,1-3H3/b10-8-/t7-/m1/s1. The SMILES string of the molecule is CC(C)C[C@@H]1CS/C(=N\N)N1C. The first-order valence-corrected chi connectivity index (χ1v) is 5.27. The number of hydrogen-bond donors (Lipinski definition) is 1. The lowest BCUT2D eigenvalue weighted by Gasteiger charge is -2.21. The Morgan fingerprint density at radius 2 is 2.42 bits per heavy atom. The molecule has 1 atom stereocenters. The van der Waals surface area contributed by atoms with E-state index in [-0.39, 0.29) is 0 Å². The third kappa shape index (κ3) is 2.06. The molecule has 0 spiro atoms. The van der Waals surface area contributed by atoms with Gasteiger partial charge in [0.25, 0.3) is 0 Å². The molecular weight excluding hydrogens is 170 g/mol. The smallest absolute Gasteiger partial charge is 0.182 e. The molecule has 1 fully saturated rings. The highest BCUT2D eigenvalue weighted by Crippen LogP contribution is 2.25. The molecule has 0 bridgehead atoms. The molecule has 4 heteroatoms. The minimum absolute atomic E-state index is 0.622. The van der Waals surface area contributed by atoms with Crippen molar-refractivity contribution in [2.45, 2.75) is 26.3 Å². The average Bonchev–Trinajstić information content (AvgIpc) is 2.32. The Morgan fingerprint density at radius 3 is 2.83 bits per heavy atom. The van der Waals surface area contributed by atoms with Gasteiger partial charge in [0.1, 0.15) is 0 Å². The fraction of sp³-hybridized carbons (Fsp3) is 0.875. The Bertz CT molecular complexity index is 179. The molecule has 0 aliphatic carbocycles. The molecule has 1 rings (SSSR count). The van der Waals surface area contributed by atoms with E-state index in [1.54, 1.807) is 11.8 Å². The van der Waals surface area contributed by atoms with Crippen molar-refractivity contribution in [2.24, 2.45) is 16.9 Å². The summed E-state index contributed by atoms with van der Waals surface area (Å²) in [5.41, 5.74) is 0. The highest BCUT2D eigenvalue weighted by atomic mass is 32.2. The molecule has 0 unspecified atom stereocenters. The van der Waals surface area contributed by atoms with Crippen molar-refractivity contribution in [3.63, 3.8) is 0 Å². The molecule has 2 N–H and O–H groups in total. The fourth-order valence-corrected chi connectivity index (χ4v) is 2.57. The fourth-order valence-electron chi connectivity index (χ4n) is 1.44. The second-order valence-corrected chi connectivity index (χ2v) is 4.60. The monoisotopic (exact) mass is 187 g/mol. The van der Waals surface area contributed by atoms with Crippen molar-refractivity contribution in [3.8, 4) is 0 Å². The van der Waals surface area contributed by atoms with E-state index in [4.69, 9.17) is 5.84 Å². The Hall–Kier alpha value is -0.380. The van der Waals surface area contributed by atoms with Crippen molar-refractivity contribution in [1.29, 1.82) is 0 Å².